The van der Waals surface area contributed by atoms with E-state index >= 15 is 0 Å². The van der Waals surface area contributed by atoms with Gasteiger partial charge < -0.3 is 5.73 Å². The van der Waals surface area contributed by atoms with Gasteiger partial charge in [0.15, 0.2) is 9.84 Å². The largest absolute Gasteiger partial charge is 0.328 e. The minimum absolute atomic E-state index is 0.231. The molecule has 1 aromatic rings. The lowest BCUT2D eigenvalue weighted by Crippen LogP contribution is -2.19. The summed E-state index contributed by atoms with van der Waals surface area (Å²) >= 11 is 0. The second-order valence-electron chi connectivity index (χ2n) is 4.12. The van der Waals surface area contributed by atoms with Gasteiger partial charge in [-0.25, -0.2) is 8.42 Å². The van der Waals surface area contributed by atoms with E-state index < -0.39 is 9.84 Å². The molecular formula is C12H19NO2S. The lowest BCUT2D eigenvalue weighted by Gasteiger charge is -2.08. The maximum atomic E-state index is 11.2. The molecule has 0 amide bonds. The molecule has 4 heteroatoms. The molecule has 3 nitrogen and oxygen atoms in total. The van der Waals surface area contributed by atoms with Crippen molar-refractivity contribution in [2.24, 2.45) is 5.73 Å². The van der Waals surface area contributed by atoms with Crippen LogP contribution in [-0.4, -0.2) is 20.7 Å². The summed E-state index contributed by atoms with van der Waals surface area (Å²) in [4.78, 5) is 0.371. The predicted octanol–water partition coefficient (Wildman–Crippen LogP) is 1.76. The molecule has 0 saturated carbocycles. The first-order chi connectivity index (χ1) is 7.43. The van der Waals surface area contributed by atoms with Gasteiger partial charge in [-0.15, -0.1) is 0 Å². The Morgan fingerprint density at radius 1 is 1.25 bits per heavy atom. The summed E-state index contributed by atoms with van der Waals surface area (Å²) in [6.07, 6.45) is 4.03. The van der Waals surface area contributed by atoms with Crippen LogP contribution in [0.4, 0.5) is 0 Å². The number of rotatable bonds is 5. The molecule has 1 atom stereocenters. The highest BCUT2D eigenvalue weighted by atomic mass is 32.2. The molecule has 0 aliphatic heterocycles. The number of nitrogens with two attached hydrogens (primary N) is 1. The van der Waals surface area contributed by atoms with Crippen molar-refractivity contribution >= 4 is 9.84 Å². The fraction of sp³-hybridized carbons (Fsp3) is 0.500. The van der Waals surface area contributed by atoms with Crippen LogP contribution in [0.15, 0.2) is 29.2 Å². The van der Waals surface area contributed by atoms with Crippen LogP contribution in [0.5, 0.6) is 0 Å². The quantitative estimate of drug-likeness (QED) is 0.854. The molecule has 0 radical (unpaired) electrons. The van der Waals surface area contributed by atoms with Crippen LogP contribution in [0, 0.1) is 0 Å². The number of sulfone groups is 1. The summed E-state index contributed by atoms with van der Waals surface area (Å²) in [5.41, 5.74) is 6.96. The van der Waals surface area contributed by atoms with E-state index in [1.54, 1.807) is 12.1 Å². The zero-order valence-corrected chi connectivity index (χ0v) is 10.6. The van der Waals surface area contributed by atoms with E-state index in [2.05, 4.69) is 6.92 Å². The number of aryl methyl sites for hydroxylation is 1. The Kier molecular flexibility index (Phi) is 4.50. The van der Waals surface area contributed by atoms with E-state index in [9.17, 15) is 8.42 Å². The Bertz CT molecular complexity index is 423. The fourth-order valence-electron chi connectivity index (χ4n) is 1.46. The van der Waals surface area contributed by atoms with Crippen LogP contribution in [0.1, 0.15) is 25.3 Å². The smallest absolute Gasteiger partial charge is 0.175 e. The van der Waals surface area contributed by atoms with Crippen molar-refractivity contribution in [1.82, 2.24) is 0 Å². The lowest BCUT2D eigenvalue weighted by molar-refractivity contribution is 0.595. The minimum Gasteiger partial charge on any atom is -0.328 e. The monoisotopic (exact) mass is 241 g/mol. The molecule has 0 heterocycles. The van der Waals surface area contributed by atoms with Crippen LogP contribution in [0.3, 0.4) is 0 Å². The Labute approximate surface area is 97.6 Å². The van der Waals surface area contributed by atoms with E-state index in [4.69, 9.17) is 5.73 Å². The average molecular weight is 241 g/mol. The van der Waals surface area contributed by atoms with Gasteiger partial charge >= 0.3 is 0 Å². The third-order valence-corrected chi connectivity index (χ3v) is 3.81. The maximum Gasteiger partial charge on any atom is 0.175 e. The second-order valence-corrected chi connectivity index (χ2v) is 6.14. The summed E-state index contributed by atoms with van der Waals surface area (Å²) in [5, 5.41) is 0. The molecule has 0 fully saturated rings. The van der Waals surface area contributed by atoms with Gasteiger partial charge in [0, 0.05) is 12.3 Å². The normalized spacial score (nSPS) is 13.7. The van der Waals surface area contributed by atoms with Crippen molar-refractivity contribution in [3.05, 3.63) is 29.8 Å². The molecule has 0 saturated heterocycles. The Hall–Kier alpha value is -0.870. The molecule has 2 N–H and O–H groups in total. The summed E-state index contributed by atoms with van der Waals surface area (Å²) < 4.78 is 22.5. The summed E-state index contributed by atoms with van der Waals surface area (Å²) in [7, 11) is -3.08. The maximum absolute atomic E-state index is 11.2. The Morgan fingerprint density at radius 2 is 1.81 bits per heavy atom. The van der Waals surface area contributed by atoms with Crippen molar-refractivity contribution in [2.45, 2.75) is 37.1 Å². The van der Waals surface area contributed by atoms with Gasteiger partial charge in [0.2, 0.25) is 0 Å². The minimum atomic E-state index is -3.08. The van der Waals surface area contributed by atoms with Gasteiger partial charge in [-0.2, -0.15) is 0 Å². The predicted molar refractivity (Wildman–Crippen MR) is 66.1 cm³/mol. The summed E-state index contributed by atoms with van der Waals surface area (Å²) in [6, 6.07) is 7.26. The van der Waals surface area contributed by atoms with E-state index in [0.717, 1.165) is 24.8 Å². The fourth-order valence-corrected chi connectivity index (χ4v) is 2.09. The first kappa shape index (κ1) is 13.2. The van der Waals surface area contributed by atoms with Gasteiger partial charge in [-0.1, -0.05) is 19.1 Å². The topological polar surface area (TPSA) is 60.2 Å². The molecule has 0 bridgehead atoms. The second kappa shape index (κ2) is 5.46. The molecule has 1 aromatic carbocycles. The first-order valence-corrected chi connectivity index (χ1v) is 7.37. The van der Waals surface area contributed by atoms with E-state index in [1.807, 2.05) is 12.1 Å². The molecule has 90 valence electrons. The van der Waals surface area contributed by atoms with E-state index in [1.165, 1.54) is 6.26 Å². The van der Waals surface area contributed by atoms with Gasteiger partial charge in [0.25, 0.3) is 0 Å². The molecule has 1 unspecified atom stereocenters. The van der Waals surface area contributed by atoms with Crippen molar-refractivity contribution in [1.29, 1.82) is 0 Å². The van der Waals surface area contributed by atoms with Gasteiger partial charge in [0.1, 0.15) is 0 Å². The van der Waals surface area contributed by atoms with Gasteiger partial charge in [0.05, 0.1) is 4.90 Å². The van der Waals surface area contributed by atoms with Crippen molar-refractivity contribution in [2.75, 3.05) is 6.26 Å². The van der Waals surface area contributed by atoms with Crippen molar-refractivity contribution in [3.8, 4) is 0 Å². The number of hydrogen-bond donors (Lipinski definition) is 1. The van der Waals surface area contributed by atoms with Gasteiger partial charge in [-0.3, -0.25) is 0 Å². The first-order valence-electron chi connectivity index (χ1n) is 5.48. The molecule has 16 heavy (non-hydrogen) atoms. The van der Waals surface area contributed by atoms with Crippen LogP contribution in [-0.2, 0) is 16.3 Å². The number of hydrogen-bond acceptors (Lipinski definition) is 3. The molecule has 0 aromatic heterocycles. The molecule has 0 aliphatic rings. The zero-order valence-electron chi connectivity index (χ0n) is 9.81. The van der Waals surface area contributed by atoms with Crippen molar-refractivity contribution < 1.29 is 8.42 Å². The van der Waals surface area contributed by atoms with Gasteiger partial charge in [-0.05, 0) is 37.0 Å². The SMILES string of the molecule is CCC(N)CCc1ccc(S(C)(=O)=O)cc1. The summed E-state index contributed by atoms with van der Waals surface area (Å²) in [6.45, 7) is 2.07. The average Bonchev–Trinajstić information content (AvgIpc) is 2.25. The standard InChI is InChI=1S/C12H19NO2S/c1-3-11(13)7-4-10-5-8-12(9-6-10)16(2,14)15/h5-6,8-9,11H,3-4,7,13H2,1-2H3. The zero-order chi connectivity index (χ0) is 12.2. The van der Waals surface area contributed by atoms with Crippen LogP contribution < -0.4 is 5.73 Å². The highest BCUT2D eigenvalue weighted by Gasteiger charge is 2.06. The summed E-state index contributed by atoms with van der Waals surface area (Å²) in [5.74, 6) is 0. The molecular weight excluding hydrogens is 222 g/mol. The molecule has 0 spiro atoms. The van der Waals surface area contributed by atoms with E-state index in [0.29, 0.717) is 4.90 Å². The number of benzene rings is 1. The van der Waals surface area contributed by atoms with Crippen molar-refractivity contribution in [3.63, 3.8) is 0 Å². The Balaban J connectivity index is 2.66. The Morgan fingerprint density at radius 3 is 2.25 bits per heavy atom. The van der Waals surface area contributed by atoms with E-state index in [-0.39, 0.29) is 6.04 Å². The van der Waals surface area contributed by atoms with Crippen LogP contribution >= 0.6 is 0 Å². The third-order valence-electron chi connectivity index (χ3n) is 2.68. The lowest BCUT2D eigenvalue weighted by atomic mass is 10.0. The van der Waals surface area contributed by atoms with Crippen LogP contribution in [0.2, 0.25) is 0 Å². The molecule has 1 rings (SSSR count). The molecule has 0 aliphatic carbocycles. The highest BCUT2D eigenvalue weighted by Crippen LogP contribution is 2.12. The highest BCUT2D eigenvalue weighted by molar-refractivity contribution is 7.90. The van der Waals surface area contributed by atoms with Crippen LogP contribution in [0.25, 0.3) is 0 Å². The third kappa shape index (κ3) is 3.94.